The highest BCUT2D eigenvalue weighted by Crippen LogP contribution is 2.57. The molecule has 0 spiro atoms. The quantitative estimate of drug-likeness (QED) is 0.478. The highest BCUT2D eigenvalue weighted by atomic mass is 32.2. The molecule has 0 aromatic heterocycles. The summed E-state index contributed by atoms with van der Waals surface area (Å²) in [7, 11) is -0.198. The van der Waals surface area contributed by atoms with Gasteiger partial charge in [0.1, 0.15) is 4.99 Å². The van der Waals surface area contributed by atoms with Gasteiger partial charge in [-0.2, -0.15) is 0 Å². The van der Waals surface area contributed by atoms with E-state index in [4.69, 9.17) is 9.05 Å². The van der Waals surface area contributed by atoms with Gasteiger partial charge >= 0.3 is 7.60 Å². The summed E-state index contributed by atoms with van der Waals surface area (Å²) in [5, 5.41) is 0. The molecule has 0 N–H and O–H groups in total. The van der Waals surface area contributed by atoms with Crippen LogP contribution in [0.25, 0.3) is 0 Å². The average molecular weight is 236 g/mol. The molecule has 0 bridgehead atoms. The molecule has 0 amide bonds. The second kappa shape index (κ2) is 7.30. The van der Waals surface area contributed by atoms with Crippen molar-refractivity contribution in [1.82, 2.24) is 0 Å². The minimum Gasteiger partial charge on any atom is -0.311 e. The highest BCUT2D eigenvalue weighted by Gasteiger charge is 2.32. The van der Waals surface area contributed by atoms with Crippen molar-refractivity contribution in [2.75, 3.05) is 20.0 Å². The smallest absolute Gasteiger partial charge is 0.311 e. The fourth-order valence-electron chi connectivity index (χ4n) is 0.920. The van der Waals surface area contributed by atoms with E-state index in [9.17, 15) is 4.57 Å². The van der Waals surface area contributed by atoms with Gasteiger partial charge in [-0.25, -0.2) is 0 Å². The van der Waals surface area contributed by atoms with Gasteiger partial charge in [0.05, 0.1) is 0 Å². The largest absolute Gasteiger partial charge is 0.343 e. The van der Waals surface area contributed by atoms with Crippen LogP contribution in [0.1, 0.15) is 6.42 Å². The fraction of sp³-hybridized carbons (Fsp3) is 0.556. The van der Waals surface area contributed by atoms with Gasteiger partial charge in [-0.05, 0) is 6.42 Å². The Morgan fingerprint density at radius 2 is 1.93 bits per heavy atom. The lowest BCUT2D eigenvalue weighted by molar-refractivity contribution is 0.273. The zero-order valence-corrected chi connectivity index (χ0v) is 10.4. The van der Waals surface area contributed by atoms with E-state index < -0.39 is 7.60 Å². The highest BCUT2D eigenvalue weighted by molar-refractivity contribution is 8.05. The van der Waals surface area contributed by atoms with Gasteiger partial charge in [0.25, 0.3) is 0 Å². The van der Waals surface area contributed by atoms with Crippen molar-refractivity contribution in [1.29, 1.82) is 0 Å². The molecule has 0 aromatic rings. The first-order chi connectivity index (χ1) is 6.64. The number of hydrogen-bond acceptors (Lipinski definition) is 4. The Morgan fingerprint density at radius 3 is 2.29 bits per heavy atom. The Kier molecular flexibility index (Phi) is 7.28. The van der Waals surface area contributed by atoms with Crippen molar-refractivity contribution in [3.63, 3.8) is 0 Å². The maximum atomic E-state index is 12.0. The molecule has 0 aromatic carbocycles. The monoisotopic (exact) mass is 236 g/mol. The Balaban J connectivity index is 4.50. The molecular weight excluding hydrogens is 219 g/mol. The minimum atomic E-state index is -2.99. The minimum absolute atomic E-state index is 0.201. The first-order valence-corrected chi connectivity index (χ1v) is 6.85. The van der Waals surface area contributed by atoms with Crippen LogP contribution in [0.2, 0.25) is 0 Å². The van der Waals surface area contributed by atoms with Crippen LogP contribution in [0, 0.1) is 0 Å². The summed E-state index contributed by atoms with van der Waals surface area (Å²) < 4.78 is 21.9. The van der Waals surface area contributed by atoms with Gasteiger partial charge in [0.15, 0.2) is 0 Å². The van der Waals surface area contributed by atoms with Crippen molar-refractivity contribution in [2.45, 2.75) is 11.4 Å². The molecule has 82 valence electrons. The first-order valence-electron chi connectivity index (χ1n) is 4.19. The van der Waals surface area contributed by atoms with Gasteiger partial charge in [0, 0.05) is 20.0 Å². The lowest BCUT2D eigenvalue weighted by Crippen LogP contribution is -2.06. The molecule has 0 heterocycles. The van der Waals surface area contributed by atoms with E-state index in [1.54, 1.807) is 12.2 Å². The number of rotatable bonds is 8. The first kappa shape index (κ1) is 14.0. The molecule has 0 aliphatic rings. The Labute approximate surface area is 90.1 Å². The van der Waals surface area contributed by atoms with Gasteiger partial charge in [0.2, 0.25) is 0 Å². The average Bonchev–Trinajstić information content (AvgIpc) is 2.23. The van der Waals surface area contributed by atoms with Gasteiger partial charge in [-0.3, -0.25) is 4.57 Å². The second-order valence-electron chi connectivity index (χ2n) is 2.51. The summed E-state index contributed by atoms with van der Waals surface area (Å²) in [5.41, 5.74) is 0. The third-order valence-electron chi connectivity index (χ3n) is 1.64. The summed E-state index contributed by atoms with van der Waals surface area (Å²) in [4.78, 5) is -0.201. The SMILES string of the molecule is C=CCSC(CC=C)P(=O)(OC)OC. The summed E-state index contributed by atoms with van der Waals surface area (Å²) in [6.07, 6.45) is 4.07. The third-order valence-corrected chi connectivity index (χ3v) is 5.80. The van der Waals surface area contributed by atoms with Crippen LogP contribution in [-0.2, 0) is 13.6 Å². The van der Waals surface area contributed by atoms with Crippen LogP contribution in [0.15, 0.2) is 25.3 Å². The second-order valence-corrected chi connectivity index (χ2v) is 6.52. The zero-order chi connectivity index (χ0) is 11.0. The van der Waals surface area contributed by atoms with Crippen LogP contribution in [0.4, 0.5) is 0 Å². The van der Waals surface area contributed by atoms with E-state index in [2.05, 4.69) is 13.2 Å². The molecule has 5 heteroatoms. The lowest BCUT2D eigenvalue weighted by Gasteiger charge is -2.22. The van der Waals surface area contributed by atoms with Gasteiger partial charge in [-0.1, -0.05) is 12.2 Å². The molecule has 0 fully saturated rings. The maximum Gasteiger partial charge on any atom is 0.343 e. The standard InChI is InChI=1S/C9H17O3PS/c1-5-7-9(14-8-6-2)13(10,11-3)12-4/h5-6,9H,1-2,7-8H2,3-4H3. The summed E-state index contributed by atoms with van der Waals surface area (Å²) in [5.74, 6) is 0.717. The van der Waals surface area contributed by atoms with Crippen LogP contribution in [0.5, 0.6) is 0 Å². The van der Waals surface area contributed by atoms with Crippen molar-refractivity contribution >= 4 is 19.4 Å². The topological polar surface area (TPSA) is 35.5 Å². The van der Waals surface area contributed by atoms with Crippen molar-refractivity contribution in [2.24, 2.45) is 0 Å². The van der Waals surface area contributed by atoms with E-state index in [-0.39, 0.29) is 4.99 Å². The normalized spacial score (nSPS) is 13.6. The van der Waals surface area contributed by atoms with E-state index >= 15 is 0 Å². The van der Waals surface area contributed by atoms with E-state index in [0.29, 0.717) is 6.42 Å². The van der Waals surface area contributed by atoms with Crippen LogP contribution in [0.3, 0.4) is 0 Å². The van der Waals surface area contributed by atoms with E-state index in [1.807, 2.05) is 0 Å². The fourth-order valence-corrected chi connectivity index (χ4v) is 4.08. The van der Waals surface area contributed by atoms with Gasteiger partial charge in [-0.15, -0.1) is 24.9 Å². The van der Waals surface area contributed by atoms with E-state index in [0.717, 1.165) is 5.75 Å². The molecule has 0 saturated carbocycles. The van der Waals surface area contributed by atoms with Crippen LogP contribution in [-0.4, -0.2) is 25.0 Å². The molecular formula is C9H17O3PS. The molecule has 1 atom stereocenters. The van der Waals surface area contributed by atoms with Crippen LogP contribution >= 0.6 is 19.4 Å². The van der Waals surface area contributed by atoms with Gasteiger partial charge < -0.3 is 9.05 Å². The molecule has 0 radical (unpaired) electrons. The van der Waals surface area contributed by atoms with Crippen molar-refractivity contribution < 1.29 is 13.6 Å². The summed E-state index contributed by atoms with van der Waals surface area (Å²) in [6, 6.07) is 0. The number of allylic oxidation sites excluding steroid dienone is 1. The Bertz CT molecular complexity index is 222. The van der Waals surface area contributed by atoms with Crippen molar-refractivity contribution in [3.8, 4) is 0 Å². The van der Waals surface area contributed by atoms with Crippen LogP contribution < -0.4 is 0 Å². The summed E-state index contributed by atoms with van der Waals surface area (Å²) in [6.45, 7) is 7.23. The Morgan fingerprint density at radius 1 is 1.36 bits per heavy atom. The van der Waals surface area contributed by atoms with E-state index in [1.165, 1.54) is 26.0 Å². The number of hydrogen-bond donors (Lipinski definition) is 0. The molecule has 0 aliphatic carbocycles. The predicted octanol–water partition coefficient (Wildman–Crippen LogP) is 3.29. The molecule has 0 rings (SSSR count). The summed E-state index contributed by atoms with van der Waals surface area (Å²) >= 11 is 1.50. The maximum absolute atomic E-state index is 12.0. The molecule has 1 unspecified atom stereocenters. The number of thioether (sulfide) groups is 1. The molecule has 3 nitrogen and oxygen atoms in total. The zero-order valence-electron chi connectivity index (χ0n) is 8.64. The molecule has 0 saturated heterocycles. The molecule has 0 aliphatic heterocycles. The Hall–Kier alpha value is -0.0200. The van der Waals surface area contributed by atoms with Crippen molar-refractivity contribution in [3.05, 3.63) is 25.3 Å². The third kappa shape index (κ3) is 4.01. The predicted molar refractivity (Wildman–Crippen MR) is 62.9 cm³/mol. The lowest BCUT2D eigenvalue weighted by atomic mass is 10.5. The molecule has 14 heavy (non-hydrogen) atoms.